The molecule has 2 aromatic heterocycles. The van der Waals surface area contributed by atoms with Gasteiger partial charge in [-0.3, -0.25) is 14.7 Å². The normalized spacial score (nSPS) is 21.5. The average Bonchev–Trinajstić information content (AvgIpc) is 3.31. The quantitative estimate of drug-likeness (QED) is 0.792. The lowest BCUT2D eigenvalue weighted by molar-refractivity contribution is -0.127. The van der Waals surface area contributed by atoms with E-state index in [2.05, 4.69) is 20.0 Å². The van der Waals surface area contributed by atoms with Crippen LogP contribution in [0.15, 0.2) is 28.9 Å². The van der Waals surface area contributed by atoms with Gasteiger partial charge in [0.1, 0.15) is 5.69 Å². The van der Waals surface area contributed by atoms with Crippen LogP contribution in [0.3, 0.4) is 0 Å². The van der Waals surface area contributed by atoms with Gasteiger partial charge in [0.2, 0.25) is 17.6 Å². The Labute approximate surface area is 153 Å². The minimum Gasteiger partial charge on any atom is -0.343 e. The smallest absolute Gasteiger partial charge is 0.241 e. The van der Waals surface area contributed by atoms with E-state index in [0.29, 0.717) is 36.6 Å². The predicted octanol–water partition coefficient (Wildman–Crippen LogP) is 2.50. The average molecular weight is 355 g/mol. The third-order valence-corrected chi connectivity index (χ3v) is 5.35. The predicted molar refractivity (Wildman–Crippen MR) is 96.0 cm³/mol. The summed E-state index contributed by atoms with van der Waals surface area (Å²) in [5, 5.41) is 4.07. The van der Waals surface area contributed by atoms with Crippen molar-refractivity contribution in [1.29, 1.82) is 0 Å². The van der Waals surface area contributed by atoms with Gasteiger partial charge in [-0.1, -0.05) is 17.6 Å². The second kappa shape index (κ2) is 7.95. The van der Waals surface area contributed by atoms with Crippen LogP contribution in [0.25, 0.3) is 11.5 Å². The van der Waals surface area contributed by atoms with Crippen molar-refractivity contribution in [3.63, 3.8) is 0 Å². The van der Waals surface area contributed by atoms with Crippen molar-refractivity contribution in [3.05, 3.63) is 30.3 Å². The molecule has 0 radical (unpaired) electrons. The Hall–Kier alpha value is -2.28. The van der Waals surface area contributed by atoms with E-state index in [9.17, 15) is 4.79 Å². The largest absolute Gasteiger partial charge is 0.343 e. The Bertz CT molecular complexity index is 733. The van der Waals surface area contributed by atoms with E-state index in [1.54, 1.807) is 6.20 Å². The molecule has 7 heteroatoms. The summed E-state index contributed by atoms with van der Waals surface area (Å²) in [4.78, 5) is 25.1. The molecule has 0 N–H and O–H groups in total. The molecule has 4 rings (SSSR count). The zero-order chi connectivity index (χ0) is 17.8. The number of piperidine rings is 1. The van der Waals surface area contributed by atoms with Crippen LogP contribution in [-0.4, -0.2) is 56.5 Å². The number of rotatable bonds is 6. The van der Waals surface area contributed by atoms with Gasteiger partial charge < -0.3 is 9.42 Å². The van der Waals surface area contributed by atoms with E-state index in [4.69, 9.17) is 4.52 Å². The summed E-state index contributed by atoms with van der Waals surface area (Å²) in [5.74, 6) is 1.48. The zero-order valence-electron chi connectivity index (χ0n) is 15.0. The number of amides is 1. The summed E-state index contributed by atoms with van der Waals surface area (Å²) in [7, 11) is 0. The van der Waals surface area contributed by atoms with Crippen LogP contribution in [0.2, 0.25) is 0 Å². The second-order valence-corrected chi connectivity index (χ2v) is 7.12. The van der Waals surface area contributed by atoms with Crippen LogP contribution in [0.4, 0.5) is 0 Å². The molecule has 2 aliphatic heterocycles. The molecule has 0 saturated carbocycles. The second-order valence-electron chi connectivity index (χ2n) is 7.12. The zero-order valence-corrected chi connectivity index (χ0v) is 15.0. The molecule has 1 atom stereocenters. The summed E-state index contributed by atoms with van der Waals surface area (Å²) in [6.07, 6.45) is 8.08. The minimum atomic E-state index is 0.310. The first-order valence-electron chi connectivity index (χ1n) is 9.55. The summed E-state index contributed by atoms with van der Waals surface area (Å²) >= 11 is 0. The highest BCUT2D eigenvalue weighted by Crippen LogP contribution is 2.23. The molecule has 4 heterocycles. The highest BCUT2D eigenvalue weighted by Gasteiger charge is 2.27. The van der Waals surface area contributed by atoms with E-state index in [-0.39, 0.29) is 0 Å². The summed E-state index contributed by atoms with van der Waals surface area (Å²) in [6.45, 7) is 3.49. The van der Waals surface area contributed by atoms with Crippen LogP contribution in [0, 0.1) is 0 Å². The van der Waals surface area contributed by atoms with Gasteiger partial charge in [-0.25, -0.2) is 0 Å². The Kier molecular flexibility index (Phi) is 5.24. The lowest BCUT2D eigenvalue weighted by atomic mass is 9.99. The monoisotopic (exact) mass is 355 g/mol. The van der Waals surface area contributed by atoms with E-state index in [1.165, 1.54) is 19.3 Å². The van der Waals surface area contributed by atoms with Gasteiger partial charge >= 0.3 is 0 Å². The number of hydrogen-bond acceptors (Lipinski definition) is 6. The van der Waals surface area contributed by atoms with E-state index in [0.717, 1.165) is 38.2 Å². The van der Waals surface area contributed by atoms with Gasteiger partial charge in [-0.2, -0.15) is 4.98 Å². The number of aromatic nitrogens is 3. The summed E-state index contributed by atoms with van der Waals surface area (Å²) in [6, 6.07) is 6.14. The number of carbonyl (C=O) groups is 1. The van der Waals surface area contributed by atoms with Crippen molar-refractivity contribution in [2.24, 2.45) is 0 Å². The molecule has 2 aliphatic rings. The molecular formula is C19H25N5O2. The number of hydrogen-bond donors (Lipinski definition) is 0. The van der Waals surface area contributed by atoms with Crippen molar-refractivity contribution in [2.75, 3.05) is 19.6 Å². The minimum absolute atomic E-state index is 0.310. The molecule has 0 unspecified atom stereocenters. The van der Waals surface area contributed by atoms with Crippen LogP contribution < -0.4 is 0 Å². The van der Waals surface area contributed by atoms with Gasteiger partial charge in [0.15, 0.2) is 0 Å². The first-order chi connectivity index (χ1) is 12.8. The summed E-state index contributed by atoms with van der Waals surface area (Å²) < 4.78 is 5.46. The Morgan fingerprint density at radius 2 is 2.15 bits per heavy atom. The Balaban J connectivity index is 1.37. The lowest BCUT2D eigenvalue weighted by Crippen LogP contribution is -2.41. The Morgan fingerprint density at radius 1 is 1.19 bits per heavy atom. The van der Waals surface area contributed by atoms with Crippen molar-refractivity contribution in [3.8, 4) is 11.5 Å². The Morgan fingerprint density at radius 3 is 2.96 bits per heavy atom. The SMILES string of the molecule is O=C1CCCN1CC[C@@H]1CCCCN1Cc1nc(-c2ccccn2)no1. The molecule has 0 aromatic carbocycles. The van der Waals surface area contributed by atoms with Gasteiger partial charge in [0.05, 0.1) is 6.54 Å². The van der Waals surface area contributed by atoms with Crippen molar-refractivity contribution in [1.82, 2.24) is 24.9 Å². The maximum absolute atomic E-state index is 11.8. The molecule has 26 heavy (non-hydrogen) atoms. The van der Waals surface area contributed by atoms with Crippen LogP contribution in [0.5, 0.6) is 0 Å². The van der Waals surface area contributed by atoms with E-state index >= 15 is 0 Å². The highest BCUT2D eigenvalue weighted by molar-refractivity contribution is 5.78. The van der Waals surface area contributed by atoms with Gasteiger partial charge in [0.25, 0.3) is 0 Å². The molecule has 2 aromatic rings. The fourth-order valence-electron chi connectivity index (χ4n) is 3.93. The molecule has 0 bridgehead atoms. The van der Waals surface area contributed by atoms with Crippen molar-refractivity contribution in [2.45, 2.75) is 51.1 Å². The molecule has 0 spiro atoms. The van der Waals surface area contributed by atoms with Crippen molar-refractivity contribution >= 4 is 5.91 Å². The number of pyridine rings is 1. The first kappa shape index (κ1) is 17.1. The molecular weight excluding hydrogens is 330 g/mol. The van der Waals surface area contributed by atoms with Crippen LogP contribution in [-0.2, 0) is 11.3 Å². The van der Waals surface area contributed by atoms with Gasteiger partial charge in [0, 0.05) is 31.7 Å². The van der Waals surface area contributed by atoms with Crippen LogP contribution >= 0.6 is 0 Å². The molecule has 1 amide bonds. The highest BCUT2D eigenvalue weighted by atomic mass is 16.5. The fraction of sp³-hybridized carbons (Fsp3) is 0.579. The van der Waals surface area contributed by atoms with Crippen LogP contribution in [0.1, 0.15) is 44.4 Å². The molecule has 2 saturated heterocycles. The van der Waals surface area contributed by atoms with E-state index < -0.39 is 0 Å². The van der Waals surface area contributed by atoms with Gasteiger partial charge in [-0.05, 0) is 44.4 Å². The van der Waals surface area contributed by atoms with Gasteiger partial charge in [-0.15, -0.1) is 0 Å². The third-order valence-electron chi connectivity index (χ3n) is 5.35. The first-order valence-corrected chi connectivity index (χ1v) is 9.55. The molecule has 0 aliphatic carbocycles. The molecule has 2 fully saturated rings. The third kappa shape index (κ3) is 3.93. The molecule has 7 nitrogen and oxygen atoms in total. The standard InChI is InChI=1S/C19H25N5O2/c25-18-8-5-12-23(18)13-9-15-6-2-4-11-24(15)14-17-21-19(22-26-17)16-7-1-3-10-20-16/h1,3,7,10,15H,2,4-6,8-9,11-14H2/t15-/m0/s1. The molecule has 138 valence electrons. The lowest BCUT2D eigenvalue weighted by Gasteiger charge is -2.35. The fourth-order valence-corrected chi connectivity index (χ4v) is 3.93. The number of nitrogens with zero attached hydrogens (tertiary/aromatic N) is 5. The number of carbonyl (C=O) groups excluding carboxylic acids is 1. The van der Waals surface area contributed by atoms with E-state index in [1.807, 2.05) is 23.1 Å². The number of likely N-dealkylation sites (tertiary alicyclic amines) is 2. The van der Waals surface area contributed by atoms with Crippen molar-refractivity contribution < 1.29 is 9.32 Å². The summed E-state index contributed by atoms with van der Waals surface area (Å²) in [5.41, 5.74) is 0.727. The maximum atomic E-state index is 11.8. The topological polar surface area (TPSA) is 75.4 Å². The maximum Gasteiger partial charge on any atom is 0.241 e.